The second kappa shape index (κ2) is 8.08. The maximum atomic E-state index is 13.4. The van der Waals surface area contributed by atoms with Gasteiger partial charge in [0.15, 0.2) is 0 Å². The summed E-state index contributed by atoms with van der Waals surface area (Å²) in [4.78, 5) is 32.3. The highest BCUT2D eigenvalue weighted by molar-refractivity contribution is 5.94. The quantitative estimate of drug-likeness (QED) is 0.826. The lowest BCUT2D eigenvalue weighted by atomic mass is 9.83. The summed E-state index contributed by atoms with van der Waals surface area (Å²) in [7, 11) is 1.72. The first-order chi connectivity index (χ1) is 14.0. The number of carbonyl (C=O) groups is 1. The predicted molar refractivity (Wildman–Crippen MR) is 112 cm³/mol. The van der Waals surface area contributed by atoms with Gasteiger partial charge in [-0.2, -0.15) is 0 Å². The molecule has 7 heteroatoms. The van der Waals surface area contributed by atoms with Crippen LogP contribution in [-0.4, -0.2) is 45.5 Å². The van der Waals surface area contributed by atoms with E-state index in [0.29, 0.717) is 6.54 Å². The monoisotopic (exact) mass is 395 g/mol. The van der Waals surface area contributed by atoms with Crippen LogP contribution in [0.5, 0.6) is 0 Å². The zero-order valence-electron chi connectivity index (χ0n) is 17.3. The van der Waals surface area contributed by atoms with Gasteiger partial charge in [-0.15, -0.1) is 0 Å². The predicted octanol–water partition coefficient (Wildman–Crippen LogP) is 1.65. The summed E-state index contributed by atoms with van der Waals surface area (Å²) in [6.07, 6.45) is 6.70. The summed E-state index contributed by atoms with van der Waals surface area (Å²) in [6.45, 7) is 5.44. The van der Waals surface area contributed by atoms with Crippen LogP contribution < -0.4 is 16.4 Å². The van der Waals surface area contributed by atoms with E-state index in [4.69, 9.17) is 0 Å². The van der Waals surface area contributed by atoms with Crippen LogP contribution in [0.1, 0.15) is 52.4 Å². The lowest BCUT2D eigenvalue weighted by molar-refractivity contribution is 0.0548. The number of hydrogen-bond donors (Lipinski definition) is 2. The minimum absolute atomic E-state index is 0.0369. The van der Waals surface area contributed by atoms with E-state index in [1.54, 1.807) is 17.7 Å². The van der Waals surface area contributed by atoms with E-state index in [9.17, 15) is 9.59 Å². The number of pyridine rings is 2. The van der Waals surface area contributed by atoms with Gasteiger partial charge in [0.1, 0.15) is 5.56 Å². The fourth-order valence-electron chi connectivity index (χ4n) is 4.71. The Morgan fingerprint density at radius 2 is 2.03 bits per heavy atom. The molecule has 2 aliphatic heterocycles. The van der Waals surface area contributed by atoms with Crippen molar-refractivity contribution in [3.63, 3.8) is 0 Å². The van der Waals surface area contributed by atoms with Gasteiger partial charge in [0, 0.05) is 56.2 Å². The van der Waals surface area contributed by atoms with Crippen molar-refractivity contribution in [2.24, 2.45) is 7.05 Å². The van der Waals surface area contributed by atoms with E-state index >= 15 is 0 Å². The van der Waals surface area contributed by atoms with Crippen molar-refractivity contribution in [2.75, 3.05) is 13.1 Å². The van der Waals surface area contributed by atoms with Gasteiger partial charge in [-0.1, -0.05) is 0 Å². The highest BCUT2D eigenvalue weighted by atomic mass is 16.2. The fourth-order valence-corrected chi connectivity index (χ4v) is 4.71. The number of nitrogens with one attached hydrogen (secondary N) is 2. The van der Waals surface area contributed by atoms with Crippen molar-refractivity contribution < 1.29 is 4.79 Å². The second-order valence-corrected chi connectivity index (χ2v) is 8.20. The molecule has 0 aromatic carbocycles. The van der Waals surface area contributed by atoms with Crippen molar-refractivity contribution in [3.05, 3.63) is 63.3 Å². The number of aryl methyl sites for hydroxylation is 2. The molecule has 2 aliphatic rings. The zero-order valence-corrected chi connectivity index (χ0v) is 17.3. The lowest BCUT2D eigenvalue weighted by Crippen LogP contribution is -2.55. The number of carbonyl (C=O) groups excluding carboxylic acids is 1. The Labute approximate surface area is 171 Å². The molecule has 3 atom stereocenters. The molecule has 4 heterocycles. The van der Waals surface area contributed by atoms with Crippen molar-refractivity contribution in [3.8, 4) is 0 Å². The van der Waals surface area contributed by atoms with Gasteiger partial charge in [0.2, 0.25) is 0 Å². The summed E-state index contributed by atoms with van der Waals surface area (Å²) in [6, 6.07) is 5.72. The Hall–Kier alpha value is -2.51. The standard InChI is InChI=1S/C22H29N5O2/c1-14-12-23-10-9-16(14)18-13-24-25-20(18)19-6-4-5-11-27(19)22(29)17-8-7-15(2)26(3)21(17)28/h7-10,12,18-20,24-25H,4-6,11,13H2,1-3H3. The van der Waals surface area contributed by atoms with E-state index in [-0.39, 0.29) is 35.0 Å². The largest absolute Gasteiger partial charge is 0.334 e. The molecule has 4 rings (SSSR count). The molecule has 0 radical (unpaired) electrons. The van der Waals surface area contributed by atoms with Crippen molar-refractivity contribution in [1.29, 1.82) is 0 Å². The topological polar surface area (TPSA) is 79.3 Å². The Kier molecular flexibility index (Phi) is 5.52. The van der Waals surface area contributed by atoms with Crippen LogP contribution in [0, 0.1) is 13.8 Å². The van der Waals surface area contributed by atoms with E-state index in [1.165, 1.54) is 5.56 Å². The van der Waals surface area contributed by atoms with Gasteiger partial charge < -0.3 is 9.47 Å². The van der Waals surface area contributed by atoms with Crippen LogP contribution in [0.25, 0.3) is 0 Å². The third-order valence-corrected chi connectivity index (χ3v) is 6.50. The van der Waals surface area contributed by atoms with Crippen molar-refractivity contribution in [1.82, 2.24) is 25.3 Å². The molecule has 0 saturated carbocycles. The summed E-state index contributed by atoms with van der Waals surface area (Å²) in [5.74, 6) is 0.0893. The molecular formula is C22H29N5O2. The molecule has 0 bridgehead atoms. The molecule has 3 unspecified atom stereocenters. The van der Waals surface area contributed by atoms with Crippen LogP contribution in [0.4, 0.5) is 0 Å². The van der Waals surface area contributed by atoms with Gasteiger partial charge in [0.05, 0.1) is 0 Å². The number of piperidine rings is 1. The first kappa shape index (κ1) is 19.8. The SMILES string of the molecule is Cc1cnccc1C1CNNC1C1CCCCN1C(=O)c1ccc(C)n(C)c1=O. The Morgan fingerprint density at radius 3 is 2.83 bits per heavy atom. The summed E-state index contributed by atoms with van der Waals surface area (Å²) in [5, 5.41) is 0. The Bertz CT molecular complexity index is 970. The van der Waals surface area contributed by atoms with Crippen LogP contribution in [0.3, 0.4) is 0 Å². The summed E-state index contributed by atoms with van der Waals surface area (Å²) < 4.78 is 1.55. The zero-order chi connectivity index (χ0) is 20.5. The van der Waals surface area contributed by atoms with Crippen molar-refractivity contribution in [2.45, 2.75) is 51.1 Å². The molecule has 29 heavy (non-hydrogen) atoms. The minimum atomic E-state index is -0.224. The molecule has 0 aliphatic carbocycles. The molecule has 1 amide bonds. The second-order valence-electron chi connectivity index (χ2n) is 8.20. The van der Waals surface area contributed by atoms with Crippen LogP contribution in [0.15, 0.2) is 35.4 Å². The lowest BCUT2D eigenvalue weighted by Gasteiger charge is -2.41. The van der Waals surface area contributed by atoms with Crippen LogP contribution >= 0.6 is 0 Å². The van der Waals surface area contributed by atoms with Gasteiger partial charge in [-0.3, -0.25) is 25.4 Å². The average Bonchev–Trinajstić information content (AvgIpc) is 3.21. The van der Waals surface area contributed by atoms with Crippen LogP contribution in [-0.2, 0) is 7.05 Å². The number of amides is 1. The number of likely N-dealkylation sites (tertiary alicyclic amines) is 1. The number of hydrazine groups is 1. The molecule has 2 aromatic heterocycles. The van der Waals surface area contributed by atoms with Gasteiger partial charge in [-0.05, 0) is 62.4 Å². The molecular weight excluding hydrogens is 366 g/mol. The smallest absolute Gasteiger partial charge is 0.263 e. The highest BCUT2D eigenvalue weighted by Crippen LogP contribution is 2.32. The summed E-state index contributed by atoms with van der Waals surface area (Å²) >= 11 is 0. The number of rotatable bonds is 3. The number of hydrogen-bond acceptors (Lipinski definition) is 5. The molecule has 2 saturated heterocycles. The van der Waals surface area contributed by atoms with Gasteiger partial charge >= 0.3 is 0 Å². The molecule has 2 fully saturated rings. The van der Waals surface area contributed by atoms with E-state index in [1.807, 2.05) is 30.3 Å². The molecule has 7 nitrogen and oxygen atoms in total. The Balaban J connectivity index is 1.66. The highest BCUT2D eigenvalue weighted by Gasteiger charge is 2.41. The third-order valence-electron chi connectivity index (χ3n) is 6.50. The van der Waals surface area contributed by atoms with E-state index in [0.717, 1.165) is 37.1 Å². The normalized spacial score (nSPS) is 24.7. The molecule has 0 spiro atoms. The maximum absolute atomic E-state index is 13.4. The van der Waals surface area contributed by atoms with Gasteiger partial charge in [-0.25, -0.2) is 0 Å². The van der Waals surface area contributed by atoms with E-state index in [2.05, 4.69) is 28.8 Å². The number of aromatic nitrogens is 2. The molecule has 154 valence electrons. The molecule has 2 aromatic rings. The molecule has 2 N–H and O–H groups in total. The third kappa shape index (κ3) is 3.60. The average molecular weight is 396 g/mol. The van der Waals surface area contributed by atoms with E-state index < -0.39 is 0 Å². The minimum Gasteiger partial charge on any atom is -0.334 e. The first-order valence-electron chi connectivity index (χ1n) is 10.4. The Morgan fingerprint density at radius 1 is 1.21 bits per heavy atom. The fraction of sp³-hybridized carbons (Fsp3) is 0.500. The van der Waals surface area contributed by atoms with Crippen LogP contribution in [0.2, 0.25) is 0 Å². The van der Waals surface area contributed by atoms with Crippen molar-refractivity contribution >= 4 is 5.91 Å². The number of nitrogens with zero attached hydrogens (tertiary/aromatic N) is 3. The maximum Gasteiger partial charge on any atom is 0.263 e. The first-order valence-corrected chi connectivity index (χ1v) is 10.4. The summed E-state index contributed by atoms with van der Waals surface area (Å²) in [5.41, 5.74) is 10.0. The van der Waals surface area contributed by atoms with Gasteiger partial charge in [0.25, 0.3) is 11.5 Å².